The van der Waals surface area contributed by atoms with Crippen LogP contribution >= 0.6 is 35.3 Å². The van der Waals surface area contributed by atoms with Gasteiger partial charge in [-0.25, -0.2) is 9.97 Å². The number of thiazole rings is 1. The molecule has 4 aromatic rings. The van der Waals surface area contributed by atoms with E-state index in [-0.39, 0.29) is 24.9 Å². The summed E-state index contributed by atoms with van der Waals surface area (Å²) < 4.78 is 14.0. The number of methoxy groups -OCH3 is 1. The fourth-order valence-corrected chi connectivity index (χ4v) is 4.61. The summed E-state index contributed by atoms with van der Waals surface area (Å²) in [6.45, 7) is 3.11. The maximum absolute atomic E-state index is 13.2. The molecule has 0 aliphatic heterocycles. The van der Waals surface area contributed by atoms with Gasteiger partial charge >= 0.3 is 0 Å². The summed E-state index contributed by atoms with van der Waals surface area (Å²) in [7, 11) is 1.59. The molecule has 0 saturated carbocycles. The van der Waals surface area contributed by atoms with Gasteiger partial charge in [-0.05, 0) is 43.2 Å². The van der Waals surface area contributed by atoms with E-state index in [1.807, 2.05) is 42.0 Å². The van der Waals surface area contributed by atoms with Crippen molar-refractivity contribution in [2.24, 2.45) is 0 Å². The van der Waals surface area contributed by atoms with E-state index in [1.165, 1.54) is 11.3 Å². The Morgan fingerprint density at radius 3 is 2.85 bits per heavy atom. The van der Waals surface area contributed by atoms with Crippen molar-refractivity contribution in [2.75, 3.05) is 25.2 Å². The topological polar surface area (TPSA) is 69.5 Å². The van der Waals surface area contributed by atoms with Gasteiger partial charge in [0.25, 0.3) is 5.91 Å². The Hall–Kier alpha value is -2.81. The summed E-state index contributed by atoms with van der Waals surface area (Å²) in [5.41, 5.74) is 1.71. The van der Waals surface area contributed by atoms with Crippen LogP contribution in [-0.2, 0) is 11.3 Å². The van der Waals surface area contributed by atoms with Gasteiger partial charge in [0.05, 0.1) is 23.2 Å². The van der Waals surface area contributed by atoms with Crippen LogP contribution in [0.1, 0.15) is 12.0 Å². The average Bonchev–Trinajstić information content (AvgIpc) is 3.46. The first kappa shape index (κ1) is 24.8. The number of halogens is 2. The largest absolute Gasteiger partial charge is 0.494 e. The zero-order chi connectivity index (χ0) is 22.5. The summed E-state index contributed by atoms with van der Waals surface area (Å²) in [4.78, 5) is 23.6. The quantitative estimate of drug-likeness (QED) is 0.304. The lowest BCUT2D eigenvalue weighted by Crippen LogP contribution is -2.36. The van der Waals surface area contributed by atoms with Gasteiger partial charge in [0.15, 0.2) is 11.7 Å². The Morgan fingerprint density at radius 1 is 1.27 bits per heavy atom. The fourth-order valence-electron chi connectivity index (χ4n) is 3.31. The number of carbonyl (C=O) groups excluding carboxylic acids is 1. The lowest BCUT2D eigenvalue weighted by molar-refractivity contribution is -0.120. The standard InChI is InChI=1S/C23H23ClN4O3S.ClH/c1-16-5-3-6-17(13-16)31-14-20(29)28(11-4-10-27-12-9-25-15-27)23-26-21-19(30-2)8-7-18(24)22(21)32-23;/h3,5-9,12-13,15H,4,10-11,14H2,1-2H3;1H. The molecule has 2 aromatic carbocycles. The number of benzene rings is 2. The molecule has 0 bridgehead atoms. The van der Waals surface area contributed by atoms with Crippen molar-refractivity contribution in [3.05, 3.63) is 65.7 Å². The molecule has 10 heteroatoms. The van der Waals surface area contributed by atoms with Gasteiger partial charge in [0, 0.05) is 25.5 Å². The number of fused-ring (bicyclic) bond motifs is 1. The van der Waals surface area contributed by atoms with E-state index in [2.05, 4.69) is 9.97 Å². The van der Waals surface area contributed by atoms with Crippen LogP contribution in [0.15, 0.2) is 55.1 Å². The van der Waals surface area contributed by atoms with Crippen LogP contribution in [-0.4, -0.2) is 40.7 Å². The van der Waals surface area contributed by atoms with Crippen LogP contribution in [0.2, 0.25) is 5.02 Å². The lowest BCUT2D eigenvalue weighted by atomic mass is 10.2. The van der Waals surface area contributed by atoms with E-state index in [9.17, 15) is 4.79 Å². The molecule has 0 radical (unpaired) electrons. The van der Waals surface area contributed by atoms with Crippen molar-refractivity contribution in [1.82, 2.24) is 14.5 Å². The van der Waals surface area contributed by atoms with Crippen LogP contribution in [0.4, 0.5) is 5.13 Å². The maximum atomic E-state index is 13.2. The van der Waals surface area contributed by atoms with Gasteiger partial charge in [-0.1, -0.05) is 35.1 Å². The van der Waals surface area contributed by atoms with Crippen LogP contribution in [0.25, 0.3) is 10.2 Å². The van der Waals surface area contributed by atoms with E-state index in [1.54, 1.807) is 36.7 Å². The minimum atomic E-state index is -0.175. The smallest absolute Gasteiger partial charge is 0.266 e. The van der Waals surface area contributed by atoms with Crippen molar-refractivity contribution in [3.63, 3.8) is 0 Å². The van der Waals surface area contributed by atoms with E-state index in [0.29, 0.717) is 33.7 Å². The molecule has 2 aromatic heterocycles. The normalized spacial score (nSPS) is 10.6. The number of amides is 1. The van der Waals surface area contributed by atoms with E-state index >= 15 is 0 Å². The summed E-state index contributed by atoms with van der Waals surface area (Å²) in [6, 6.07) is 11.2. The molecule has 2 heterocycles. The van der Waals surface area contributed by atoms with Crippen molar-refractivity contribution < 1.29 is 14.3 Å². The maximum Gasteiger partial charge on any atom is 0.266 e. The fraction of sp³-hybridized carbons (Fsp3) is 0.261. The third-order valence-electron chi connectivity index (χ3n) is 4.91. The molecular weight excluding hydrogens is 483 g/mol. The Morgan fingerprint density at radius 2 is 2.12 bits per heavy atom. The average molecular weight is 507 g/mol. The summed E-state index contributed by atoms with van der Waals surface area (Å²) >= 11 is 7.76. The number of carbonyl (C=O) groups is 1. The van der Waals surface area contributed by atoms with Gasteiger partial charge in [-0.2, -0.15) is 0 Å². The van der Waals surface area contributed by atoms with E-state index in [0.717, 1.165) is 23.2 Å². The zero-order valence-electron chi connectivity index (χ0n) is 18.2. The molecule has 33 heavy (non-hydrogen) atoms. The van der Waals surface area contributed by atoms with E-state index in [4.69, 9.17) is 21.1 Å². The Kier molecular flexibility index (Phi) is 8.55. The molecule has 0 atom stereocenters. The highest BCUT2D eigenvalue weighted by atomic mass is 35.5. The molecule has 0 spiro atoms. The van der Waals surface area contributed by atoms with Gasteiger partial charge in [0.2, 0.25) is 0 Å². The molecule has 0 saturated heterocycles. The van der Waals surface area contributed by atoms with Crippen molar-refractivity contribution in [3.8, 4) is 11.5 Å². The van der Waals surface area contributed by atoms with Gasteiger partial charge in [0.1, 0.15) is 17.0 Å². The van der Waals surface area contributed by atoms with Crippen LogP contribution in [0.3, 0.4) is 0 Å². The molecular formula is C23H24Cl2N4O3S. The third kappa shape index (κ3) is 5.96. The molecule has 0 fully saturated rings. The summed E-state index contributed by atoms with van der Waals surface area (Å²) in [5.74, 6) is 1.10. The summed E-state index contributed by atoms with van der Waals surface area (Å²) in [6.07, 6.45) is 6.12. The van der Waals surface area contributed by atoms with Gasteiger partial charge < -0.3 is 14.0 Å². The number of nitrogens with zero attached hydrogens (tertiary/aromatic N) is 4. The molecule has 0 aliphatic rings. The first-order chi connectivity index (χ1) is 15.5. The highest BCUT2D eigenvalue weighted by molar-refractivity contribution is 7.23. The number of rotatable bonds is 9. The second-order valence-electron chi connectivity index (χ2n) is 7.23. The first-order valence-corrected chi connectivity index (χ1v) is 11.3. The van der Waals surface area contributed by atoms with Gasteiger partial charge in [-0.15, -0.1) is 12.4 Å². The molecule has 7 nitrogen and oxygen atoms in total. The monoisotopic (exact) mass is 506 g/mol. The number of aryl methyl sites for hydroxylation is 2. The number of imidazole rings is 1. The van der Waals surface area contributed by atoms with Crippen LogP contribution in [0, 0.1) is 6.92 Å². The van der Waals surface area contributed by atoms with Crippen molar-refractivity contribution in [1.29, 1.82) is 0 Å². The Bertz CT molecular complexity index is 1210. The number of aromatic nitrogens is 3. The minimum absolute atomic E-state index is 0. The second-order valence-corrected chi connectivity index (χ2v) is 8.61. The molecule has 0 aliphatic carbocycles. The predicted molar refractivity (Wildman–Crippen MR) is 134 cm³/mol. The lowest BCUT2D eigenvalue weighted by Gasteiger charge is -2.20. The number of hydrogen-bond acceptors (Lipinski definition) is 6. The number of anilines is 1. The highest BCUT2D eigenvalue weighted by Gasteiger charge is 2.22. The molecule has 0 N–H and O–H groups in total. The van der Waals surface area contributed by atoms with Crippen LogP contribution < -0.4 is 14.4 Å². The second kappa shape index (κ2) is 11.4. The SMILES string of the molecule is COc1ccc(Cl)c2sc(N(CCCn3ccnc3)C(=O)COc3cccc(C)c3)nc12.Cl. The van der Waals surface area contributed by atoms with Gasteiger partial charge in [-0.3, -0.25) is 9.69 Å². The van der Waals surface area contributed by atoms with Crippen molar-refractivity contribution >= 4 is 56.6 Å². The van der Waals surface area contributed by atoms with E-state index < -0.39 is 0 Å². The molecule has 4 rings (SSSR count). The first-order valence-electron chi connectivity index (χ1n) is 10.1. The molecule has 1 amide bonds. The molecule has 0 unspecified atom stereocenters. The Labute approximate surface area is 207 Å². The van der Waals surface area contributed by atoms with Crippen molar-refractivity contribution in [2.45, 2.75) is 19.9 Å². The minimum Gasteiger partial charge on any atom is -0.494 e. The zero-order valence-corrected chi connectivity index (χ0v) is 20.6. The predicted octanol–water partition coefficient (Wildman–Crippen LogP) is 5.39. The number of ether oxygens (including phenoxy) is 2. The Balaban J connectivity index is 0.00000306. The summed E-state index contributed by atoms with van der Waals surface area (Å²) in [5, 5.41) is 1.14. The number of hydrogen-bond donors (Lipinski definition) is 0. The molecule has 174 valence electrons. The highest BCUT2D eigenvalue weighted by Crippen LogP contribution is 2.38. The van der Waals surface area contributed by atoms with Crippen LogP contribution in [0.5, 0.6) is 11.5 Å². The third-order valence-corrected chi connectivity index (χ3v) is 6.45.